The molecule has 0 bridgehead atoms. The van der Waals surface area contributed by atoms with Gasteiger partial charge in [-0.3, -0.25) is 4.90 Å². The highest BCUT2D eigenvalue weighted by Gasteiger charge is 2.21. The first-order chi connectivity index (χ1) is 6.34. The van der Waals surface area contributed by atoms with Crippen LogP contribution in [0.2, 0.25) is 0 Å². The van der Waals surface area contributed by atoms with E-state index in [1.54, 1.807) is 0 Å². The van der Waals surface area contributed by atoms with Crippen LogP contribution < -0.4 is 10.6 Å². The Morgan fingerprint density at radius 1 is 1.46 bits per heavy atom. The van der Waals surface area contributed by atoms with Crippen molar-refractivity contribution in [3.63, 3.8) is 0 Å². The third-order valence-electron chi connectivity index (χ3n) is 2.41. The number of rotatable bonds is 2. The maximum atomic E-state index is 10.8. The molecule has 2 N–H and O–H groups in total. The SMILES string of the molecule is O=C1NCN(CC2CCCO2)CN1. The van der Waals surface area contributed by atoms with Gasteiger partial charge in [-0.25, -0.2) is 4.79 Å². The van der Waals surface area contributed by atoms with Crippen LogP contribution in [0.5, 0.6) is 0 Å². The molecule has 2 heterocycles. The molecule has 2 rings (SSSR count). The van der Waals surface area contributed by atoms with E-state index < -0.39 is 0 Å². The van der Waals surface area contributed by atoms with Gasteiger partial charge in [0.25, 0.3) is 0 Å². The summed E-state index contributed by atoms with van der Waals surface area (Å²) in [6, 6.07) is -0.0800. The van der Waals surface area contributed by atoms with E-state index in [1.807, 2.05) is 0 Å². The minimum Gasteiger partial charge on any atom is -0.377 e. The lowest BCUT2D eigenvalue weighted by molar-refractivity contribution is 0.0642. The fourth-order valence-electron chi connectivity index (χ4n) is 1.69. The molecule has 1 unspecified atom stereocenters. The maximum absolute atomic E-state index is 10.8. The van der Waals surface area contributed by atoms with Gasteiger partial charge in [0.05, 0.1) is 19.4 Å². The number of nitrogens with zero attached hydrogens (tertiary/aromatic N) is 1. The van der Waals surface area contributed by atoms with Crippen molar-refractivity contribution in [3.8, 4) is 0 Å². The number of carbonyl (C=O) groups is 1. The summed E-state index contributed by atoms with van der Waals surface area (Å²) in [5.41, 5.74) is 0. The summed E-state index contributed by atoms with van der Waals surface area (Å²) in [5, 5.41) is 5.45. The first-order valence-electron chi connectivity index (χ1n) is 4.70. The van der Waals surface area contributed by atoms with Gasteiger partial charge in [-0.05, 0) is 12.8 Å². The number of urea groups is 1. The van der Waals surface area contributed by atoms with Crippen molar-refractivity contribution >= 4 is 6.03 Å². The molecule has 0 radical (unpaired) electrons. The maximum Gasteiger partial charge on any atom is 0.316 e. The molecular formula is C8H15N3O2. The molecule has 1 atom stereocenters. The minimum atomic E-state index is -0.0800. The fourth-order valence-corrected chi connectivity index (χ4v) is 1.69. The standard InChI is InChI=1S/C8H15N3O2/c12-8-9-5-11(6-10-8)4-7-2-1-3-13-7/h7H,1-6H2,(H2,9,10,12). The van der Waals surface area contributed by atoms with Gasteiger partial charge in [0, 0.05) is 13.2 Å². The van der Waals surface area contributed by atoms with E-state index in [0.717, 1.165) is 26.0 Å². The van der Waals surface area contributed by atoms with E-state index in [4.69, 9.17) is 4.74 Å². The molecule has 2 aliphatic heterocycles. The van der Waals surface area contributed by atoms with Crippen LogP contribution >= 0.6 is 0 Å². The van der Waals surface area contributed by atoms with E-state index in [2.05, 4.69) is 15.5 Å². The molecule has 0 aromatic heterocycles. The van der Waals surface area contributed by atoms with Gasteiger partial charge < -0.3 is 15.4 Å². The molecule has 74 valence electrons. The predicted octanol–water partition coefficient (Wildman–Crippen LogP) is -0.305. The average molecular weight is 185 g/mol. The van der Waals surface area contributed by atoms with Gasteiger partial charge in [0.2, 0.25) is 0 Å². The Labute approximate surface area is 77.4 Å². The van der Waals surface area contributed by atoms with Crippen LogP contribution in [0.4, 0.5) is 4.79 Å². The first kappa shape index (κ1) is 8.77. The van der Waals surface area contributed by atoms with Crippen molar-refractivity contribution in [2.45, 2.75) is 18.9 Å². The molecule has 2 aliphatic rings. The second-order valence-electron chi connectivity index (χ2n) is 3.49. The number of nitrogens with one attached hydrogen (secondary N) is 2. The van der Waals surface area contributed by atoms with Crippen LogP contribution in [-0.2, 0) is 4.74 Å². The Morgan fingerprint density at radius 2 is 2.23 bits per heavy atom. The molecule has 0 spiro atoms. The summed E-state index contributed by atoms with van der Waals surface area (Å²) in [7, 11) is 0. The van der Waals surface area contributed by atoms with Crippen LogP contribution in [0.1, 0.15) is 12.8 Å². The molecule has 0 aromatic rings. The average Bonchev–Trinajstić information content (AvgIpc) is 2.62. The van der Waals surface area contributed by atoms with Gasteiger partial charge in [0.15, 0.2) is 0 Å². The molecule has 2 saturated heterocycles. The van der Waals surface area contributed by atoms with Gasteiger partial charge in [-0.1, -0.05) is 0 Å². The highest BCUT2D eigenvalue weighted by Crippen LogP contribution is 2.12. The lowest BCUT2D eigenvalue weighted by atomic mass is 10.2. The summed E-state index contributed by atoms with van der Waals surface area (Å²) in [4.78, 5) is 12.9. The minimum absolute atomic E-state index is 0.0800. The molecule has 2 fully saturated rings. The summed E-state index contributed by atoms with van der Waals surface area (Å²) in [6.45, 7) is 3.06. The van der Waals surface area contributed by atoms with Crippen LogP contribution in [-0.4, -0.2) is 43.5 Å². The van der Waals surface area contributed by atoms with Crippen molar-refractivity contribution in [2.75, 3.05) is 26.5 Å². The van der Waals surface area contributed by atoms with Crippen LogP contribution in [0.15, 0.2) is 0 Å². The molecular weight excluding hydrogens is 170 g/mol. The number of ether oxygens (including phenoxy) is 1. The Kier molecular flexibility index (Phi) is 2.65. The van der Waals surface area contributed by atoms with Crippen LogP contribution in [0, 0.1) is 0 Å². The predicted molar refractivity (Wildman–Crippen MR) is 47.1 cm³/mol. The van der Waals surface area contributed by atoms with Gasteiger partial charge in [-0.15, -0.1) is 0 Å². The topological polar surface area (TPSA) is 53.6 Å². The molecule has 2 amide bonds. The molecule has 0 aliphatic carbocycles. The first-order valence-corrected chi connectivity index (χ1v) is 4.70. The van der Waals surface area contributed by atoms with Crippen molar-refractivity contribution in [1.29, 1.82) is 0 Å². The van der Waals surface area contributed by atoms with Crippen molar-refractivity contribution in [2.24, 2.45) is 0 Å². The quantitative estimate of drug-likeness (QED) is 0.620. The largest absolute Gasteiger partial charge is 0.377 e. The lowest BCUT2D eigenvalue weighted by Gasteiger charge is -2.29. The molecule has 5 heteroatoms. The molecule has 0 aromatic carbocycles. The summed E-state index contributed by atoms with van der Waals surface area (Å²) in [5.74, 6) is 0. The third kappa shape index (κ3) is 2.32. The number of carbonyl (C=O) groups excluding carboxylic acids is 1. The van der Waals surface area contributed by atoms with Gasteiger partial charge >= 0.3 is 6.03 Å². The van der Waals surface area contributed by atoms with E-state index in [1.165, 1.54) is 0 Å². The monoisotopic (exact) mass is 185 g/mol. The highest BCUT2D eigenvalue weighted by molar-refractivity contribution is 5.74. The zero-order chi connectivity index (χ0) is 9.10. The smallest absolute Gasteiger partial charge is 0.316 e. The Balaban J connectivity index is 1.72. The fraction of sp³-hybridized carbons (Fsp3) is 0.875. The van der Waals surface area contributed by atoms with Crippen molar-refractivity contribution < 1.29 is 9.53 Å². The Morgan fingerprint density at radius 3 is 2.85 bits per heavy atom. The van der Waals surface area contributed by atoms with Crippen molar-refractivity contribution in [1.82, 2.24) is 15.5 Å². The Bertz CT molecular complexity index is 182. The van der Waals surface area contributed by atoms with Gasteiger partial charge in [0.1, 0.15) is 0 Å². The summed E-state index contributed by atoms with van der Waals surface area (Å²) < 4.78 is 5.50. The van der Waals surface area contributed by atoms with Crippen molar-refractivity contribution in [3.05, 3.63) is 0 Å². The summed E-state index contributed by atoms with van der Waals surface area (Å²) >= 11 is 0. The second-order valence-corrected chi connectivity index (χ2v) is 3.49. The molecule has 5 nitrogen and oxygen atoms in total. The molecule has 13 heavy (non-hydrogen) atoms. The van der Waals surface area contributed by atoms with E-state index in [9.17, 15) is 4.79 Å². The van der Waals surface area contributed by atoms with E-state index in [-0.39, 0.29) is 6.03 Å². The second kappa shape index (κ2) is 3.93. The Hall–Kier alpha value is -0.810. The lowest BCUT2D eigenvalue weighted by Crippen LogP contribution is -2.55. The van der Waals surface area contributed by atoms with Crippen LogP contribution in [0.3, 0.4) is 0 Å². The van der Waals surface area contributed by atoms with E-state index in [0.29, 0.717) is 19.4 Å². The number of hydrogen-bond donors (Lipinski definition) is 2. The third-order valence-corrected chi connectivity index (χ3v) is 2.41. The van der Waals surface area contributed by atoms with Gasteiger partial charge in [-0.2, -0.15) is 0 Å². The summed E-state index contributed by atoms with van der Waals surface area (Å²) in [6.07, 6.45) is 2.67. The molecule has 0 saturated carbocycles. The van der Waals surface area contributed by atoms with E-state index >= 15 is 0 Å². The number of amides is 2. The normalized spacial score (nSPS) is 29.8. The zero-order valence-electron chi connectivity index (χ0n) is 7.58. The zero-order valence-corrected chi connectivity index (χ0v) is 7.58. The van der Waals surface area contributed by atoms with Crippen LogP contribution in [0.25, 0.3) is 0 Å². The number of hydrogen-bond acceptors (Lipinski definition) is 3. The highest BCUT2D eigenvalue weighted by atomic mass is 16.5.